The number of rotatable bonds is 7. The molecule has 1 aliphatic heterocycles. The Morgan fingerprint density at radius 2 is 2.00 bits per heavy atom. The van der Waals surface area contributed by atoms with Gasteiger partial charge in [-0.2, -0.15) is 0 Å². The van der Waals surface area contributed by atoms with E-state index < -0.39 is 0 Å². The van der Waals surface area contributed by atoms with Crippen LogP contribution in [0.25, 0.3) is 0 Å². The molecular formula is C20H27FN4OS. The SMILES string of the molecule is CN=C(NCCc1cccs1)NCC(c1ccc(F)cc1)N1CCOCC1. The third-order valence-electron chi connectivity index (χ3n) is 4.67. The number of nitrogens with zero attached hydrogens (tertiary/aromatic N) is 2. The molecule has 0 saturated carbocycles. The van der Waals surface area contributed by atoms with Crippen LogP contribution in [0.1, 0.15) is 16.5 Å². The molecule has 0 radical (unpaired) electrons. The Hall–Kier alpha value is -1.96. The molecule has 0 amide bonds. The molecule has 5 nitrogen and oxygen atoms in total. The number of thiophene rings is 1. The molecule has 1 aliphatic rings. The molecule has 2 aromatic rings. The van der Waals surface area contributed by atoms with Crippen LogP contribution in [0.3, 0.4) is 0 Å². The lowest BCUT2D eigenvalue weighted by Gasteiger charge is -2.35. The first-order chi connectivity index (χ1) is 13.3. The van der Waals surface area contributed by atoms with Crippen molar-refractivity contribution >= 4 is 17.3 Å². The molecule has 3 rings (SSSR count). The number of morpholine rings is 1. The molecule has 1 fully saturated rings. The topological polar surface area (TPSA) is 48.9 Å². The maximum absolute atomic E-state index is 13.3. The lowest BCUT2D eigenvalue weighted by Crippen LogP contribution is -2.46. The first-order valence-electron chi connectivity index (χ1n) is 9.30. The number of aliphatic imine (C=N–C) groups is 1. The van der Waals surface area contributed by atoms with E-state index in [0.29, 0.717) is 6.54 Å². The second kappa shape index (κ2) is 10.4. The Bertz CT molecular complexity index is 699. The van der Waals surface area contributed by atoms with Crippen molar-refractivity contribution in [3.05, 3.63) is 58.0 Å². The number of ether oxygens (including phenoxy) is 1. The summed E-state index contributed by atoms with van der Waals surface area (Å²) in [6, 6.07) is 11.1. The van der Waals surface area contributed by atoms with Crippen molar-refractivity contribution in [2.45, 2.75) is 12.5 Å². The summed E-state index contributed by atoms with van der Waals surface area (Å²) >= 11 is 1.77. The predicted octanol–water partition coefficient (Wildman–Crippen LogP) is 2.67. The van der Waals surface area contributed by atoms with Crippen molar-refractivity contribution in [2.24, 2.45) is 4.99 Å². The molecule has 7 heteroatoms. The summed E-state index contributed by atoms with van der Waals surface area (Å²) in [6.45, 7) is 4.72. The zero-order valence-electron chi connectivity index (χ0n) is 15.7. The minimum absolute atomic E-state index is 0.144. The molecule has 1 aromatic carbocycles. The van der Waals surface area contributed by atoms with E-state index in [9.17, 15) is 4.39 Å². The van der Waals surface area contributed by atoms with Crippen LogP contribution in [0.4, 0.5) is 4.39 Å². The monoisotopic (exact) mass is 390 g/mol. The largest absolute Gasteiger partial charge is 0.379 e. The Balaban J connectivity index is 1.57. The average Bonchev–Trinajstić information content (AvgIpc) is 3.22. The quantitative estimate of drug-likeness (QED) is 0.564. The van der Waals surface area contributed by atoms with E-state index in [1.807, 2.05) is 12.1 Å². The van der Waals surface area contributed by atoms with Gasteiger partial charge in [0.25, 0.3) is 0 Å². The van der Waals surface area contributed by atoms with E-state index in [1.54, 1.807) is 18.4 Å². The number of nitrogens with one attached hydrogen (secondary N) is 2. The van der Waals surface area contributed by atoms with Gasteiger partial charge in [-0.1, -0.05) is 18.2 Å². The molecule has 2 N–H and O–H groups in total. The number of hydrogen-bond acceptors (Lipinski definition) is 4. The maximum Gasteiger partial charge on any atom is 0.191 e. The van der Waals surface area contributed by atoms with Crippen LogP contribution in [0.15, 0.2) is 46.8 Å². The maximum atomic E-state index is 13.3. The fourth-order valence-corrected chi connectivity index (χ4v) is 3.91. The third-order valence-corrected chi connectivity index (χ3v) is 5.61. The van der Waals surface area contributed by atoms with Gasteiger partial charge < -0.3 is 15.4 Å². The minimum Gasteiger partial charge on any atom is -0.379 e. The van der Waals surface area contributed by atoms with Crippen molar-refractivity contribution < 1.29 is 9.13 Å². The van der Waals surface area contributed by atoms with Gasteiger partial charge in [-0.3, -0.25) is 9.89 Å². The van der Waals surface area contributed by atoms with Gasteiger partial charge >= 0.3 is 0 Å². The molecule has 146 valence electrons. The number of benzene rings is 1. The van der Waals surface area contributed by atoms with Gasteiger partial charge in [0.1, 0.15) is 5.82 Å². The van der Waals surface area contributed by atoms with Crippen molar-refractivity contribution in [3.8, 4) is 0 Å². The second-order valence-corrected chi connectivity index (χ2v) is 7.46. The summed E-state index contributed by atoms with van der Waals surface area (Å²) in [5.41, 5.74) is 1.10. The first-order valence-corrected chi connectivity index (χ1v) is 10.2. The van der Waals surface area contributed by atoms with Crippen LogP contribution in [0.5, 0.6) is 0 Å². The highest BCUT2D eigenvalue weighted by Crippen LogP contribution is 2.21. The van der Waals surface area contributed by atoms with Crippen molar-refractivity contribution in [3.63, 3.8) is 0 Å². The van der Waals surface area contributed by atoms with E-state index in [2.05, 4.69) is 38.0 Å². The zero-order chi connectivity index (χ0) is 18.9. The Morgan fingerprint density at radius 1 is 1.22 bits per heavy atom. The first kappa shape index (κ1) is 19.8. The fourth-order valence-electron chi connectivity index (χ4n) is 3.20. The highest BCUT2D eigenvalue weighted by atomic mass is 32.1. The lowest BCUT2D eigenvalue weighted by atomic mass is 10.0. The van der Waals surface area contributed by atoms with Gasteiger partial charge in [-0.05, 0) is 35.6 Å². The van der Waals surface area contributed by atoms with Crippen molar-refractivity contribution in [1.29, 1.82) is 0 Å². The summed E-state index contributed by atoms with van der Waals surface area (Å²) in [7, 11) is 1.78. The predicted molar refractivity (Wildman–Crippen MR) is 109 cm³/mol. The molecule has 0 spiro atoms. The standard InChI is InChI=1S/C20H27FN4OS/c1-22-20(23-9-8-18-3-2-14-27-18)24-15-19(25-10-12-26-13-11-25)16-4-6-17(21)7-5-16/h2-7,14,19H,8-13,15H2,1H3,(H2,22,23,24). The van der Waals surface area contributed by atoms with Gasteiger partial charge in [0.05, 0.1) is 19.3 Å². The van der Waals surface area contributed by atoms with Crippen LogP contribution in [0.2, 0.25) is 0 Å². The van der Waals surface area contributed by atoms with E-state index in [-0.39, 0.29) is 11.9 Å². The smallest absolute Gasteiger partial charge is 0.191 e. The second-order valence-electron chi connectivity index (χ2n) is 6.42. The van der Waals surface area contributed by atoms with Crippen molar-refractivity contribution in [2.75, 3.05) is 46.4 Å². The Morgan fingerprint density at radius 3 is 2.67 bits per heavy atom. The molecule has 27 heavy (non-hydrogen) atoms. The van der Waals surface area contributed by atoms with Crippen LogP contribution in [0, 0.1) is 5.82 Å². The minimum atomic E-state index is -0.210. The number of halogens is 1. The van der Waals surface area contributed by atoms with Crippen LogP contribution in [-0.2, 0) is 11.2 Å². The summed E-state index contributed by atoms with van der Waals surface area (Å²) in [5, 5.41) is 8.89. The molecule has 0 aliphatic carbocycles. The van der Waals surface area contributed by atoms with Crippen LogP contribution < -0.4 is 10.6 Å². The number of hydrogen-bond donors (Lipinski definition) is 2. The lowest BCUT2D eigenvalue weighted by molar-refractivity contribution is 0.0170. The average molecular weight is 391 g/mol. The van der Waals surface area contributed by atoms with E-state index in [1.165, 1.54) is 17.0 Å². The Kier molecular flexibility index (Phi) is 7.62. The molecule has 1 atom stereocenters. The zero-order valence-corrected chi connectivity index (χ0v) is 16.5. The van der Waals surface area contributed by atoms with Gasteiger partial charge in [-0.15, -0.1) is 11.3 Å². The molecule has 1 unspecified atom stereocenters. The molecular weight excluding hydrogens is 363 g/mol. The molecule has 1 aromatic heterocycles. The van der Waals surface area contributed by atoms with E-state index >= 15 is 0 Å². The van der Waals surface area contributed by atoms with Gasteiger partial charge in [-0.25, -0.2) is 4.39 Å². The third kappa shape index (κ3) is 6.02. The number of guanidine groups is 1. The van der Waals surface area contributed by atoms with E-state index in [4.69, 9.17) is 4.74 Å². The highest BCUT2D eigenvalue weighted by molar-refractivity contribution is 7.09. The van der Waals surface area contributed by atoms with Gasteiger partial charge in [0.15, 0.2) is 5.96 Å². The summed E-state index contributed by atoms with van der Waals surface area (Å²) in [6.07, 6.45) is 0.975. The van der Waals surface area contributed by atoms with Gasteiger partial charge in [0.2, 0.25) is 0 Å². The molecule has 0 bridgehead atoms. The summed E-state index contributed by atoms with van der Waals surface area (Å²) in [4.78, 5) is 8.06. The van der Waals surface area contributed by atoms with Crippen molar-refractivity contribution in [1.82, 2.24) is 15.5 Å². The fraction of sp³-hybridized carbons (Fsp3) is 0.450. The van der Waals surface area contributed by atoms with Gasteiger partial charge in [0, 0.05) is 38.1 Å². The van der Waals surface area contributed by atoms with Crippen LogP contribution in [-0.4, -0.2) is 57.3 Å². The highest BCUT2D eigenvalue weighted by Gasteiger charge is 2.23. The normalized spacial score (nSPS) is 16.9. The molecule has 1 saturated heterocycles. The Labute approximate surface area is 164 Å². The summed E-state index contributed by atoms with van der Waals surface area (Å²) in [5.74, 6) is 0.574. The molecule has 2 heterocycles. The van der Waals surface area contributed by atoms with E-state index in [0.717, 1.165) is 50.8 Å². The summed E-state index contributed by atoms with van der Waals surface area (Å²) < 4.78 is 18.8. The van der Waals surface area contributed by atoms with Crippen LogP contribution >= 0.6 is 11.3 Å².